The van der Waals surface area contributed by atoms with Gasteiger partial charge in [0.15, 0.2) is 5.78 Å². The van der Waals surface area contributed by atoms with E-state index in [1.807, 2.05) is 24.3 Å². The van der Waals surface area contributed by atoms with Crippen molar-refractivity contribution in [2.45, 2.75) is 24.4 Å². The Morgan fingerprint density at radius 1 is 1.23 bits per heavy atom. The molecule has 1 fully saturated rings. The molecule has 0 spiro atoms. The highest BCUT2D eigenvalue weighted by Crippen LogP contribution is 2.50. The molecule has 2 aliphatic rings. The minimum atomic E-state index is -0.736. The summed E-state index contributed by atoms with van der Waals surface area (Å²) >= 11 is 0. The number of benzene rings is 1. The molecule has 0 radical (unpaired) electrons. The Hall–Kier alpha value is -1.15. The van der Waals surface area contributed by atoms with Crippen molar-refractivity contribution in [1.82, 2.24) is 0 Å². The van der Waals surface area contributed by atoms with E-state index < -0.39 is 6.10 Å². The Balaban J connectivity index is 2.22. The van der Waals surface area contributed by atoms with Gasteiger partial charge in [-0.3, -0.25) is 4.79 Å². The van der Waals surface area contributed by atoms with Gasteiger partial charge in [0, 0.05) is 11.8 Å². The van der Waals surface area contributed by atoms with E-state index in [9.17, 15) is 9.90 Å². The van der Waals surface area contributed by atoms with E-state index in [2.05, 4.69) is 0 Å². The van der Waals surface area contributed by atoms with Gasteiger partial charge >= 0.3 is 0 Å². The number of aliphatic hydroxyl groups is 1. The first-order valence-corrected chi connectivity index (χ1v) is 4.59. The second-order valence-corrected chi connectivity index (χ2v) is 3.87. The molecule has 66 valence electrons. The maximum absolute atomic E-state index is 11.5. The second kappa shape index (κ2) is 2.20. The maximum atomic E-state index is 11.5. The summed E-state index contributed by atoms with van der Waals surface area (Å²) in [5, 5.41) is 9.59. The number of carbonyl (C=O) groups is 1. The van der Waals surface area contributed by atoms with E-state index >= 15 is 0 Å². The molecule has 2 aliphatic carbocycles. The van der Waals surface area contributed by atoms with Crippen molar-refractivity contribution in [3.8, 4) is 0 Å². The Kier molecular flexibility index (Phi) is 1.23. The molecular weight excluding hydrogens is 164 g/mol. The third-order valence-electron chi connectivity index (χ3n) is 3.28. The molecule has 0 aliphatic heterocycles. The normalized spacial score (nSPS) is 35.2. The number of Topliss-reactive ketones (excluding diaryl/α,β-unsaturated/α-hetero) is 1. The Bertz CT molecular complexity index is 383. The van der Waals surface area contributed by atoms with Crippen LogP contribution in [0.25, 0.3) is 0 Å². The van der Waals surface area contributed by atoms with Crippen LogP contribution in [0.3, 0.4) is 0 Å². The van der Waals surface area contributed by atoms with Crippen LogP contribution >= 0.6 is 0 Å². The third kappa shape index (κ3) is 0.742. The Morgan fingerprint density at radius 3 is 2.69 bits per heavy atom. The summed E-state index contributed by atoms with van der Waals surface area (Å²) in [6, 6.07) is 7.95. The lowest BCUT2D eigenvalue weighted by atomic mass is 9.89. The van der Waals surface area contributed by atoms with Gasteiger partial charge in [-0.15, -0.1) is 0 Å². The van der Waals surface area contributed by atoms with Crippen LogP contribution in [-0.4, -0.2) is 17.0 Å². The number of rotatable bonds is 0. The largest absolute Gasteiger partial charge is 0.385 e. The number of fused-ring (bicyclic) bond motifs is 5. The van der Waals surface area contributed by atoms with E-state index in [-0.39, 0.29) is 17.6 Å². The lowest BCUT2D eigenvalue weighted by Gasteiger charge is -2.18. The van der Waals surface area contributed by atoms with E-state index in [0.29, 0.717) is 0 Å². The highest BCUT2D eigenvalue weighted by Gasteiger charge is 2.49. The number of aliphatic hydroxyl groups excluding tert-OH is 1. The van der Waals surface area contributed by atoms with Crippen LogP contribution in [0.15, 0.2) is 24.3 Å². The van der Waals surface area contributed by atoms with Gasteiger partial charge in [-0.05, 0) is 17.5 Å². The molecule has 1 aromatic rings. The van der Waals surface area contributed by atoms with E-state index in [1.165, 1.54) is 5.56 Å². The Morgan fingerprint density at radius 2 is 1.92 bits per heavy atom. The number of hydrogen-bond acceptors (Lipinski definition) is 2. The zero-order valence-electron chi connectivity index (χ0n) is 7.10. The molecule has 2 nitrogen and oxygen atoms in total. The summed E-state index contributed by atoms with van der Waals surface area (Å²) in [5.74, 6) is 0.0774. The summed E-state index contributed by atoms with van der Waals surface area (Å²) in [7, 11) is 0. The molecule has 0 saturated heterocycles. The molecule has 0 amide bonds. The van der Waals surface area contributed by atoms with Gasteiger partial charge < -0.3 is 5.11 Å². The highest BCUT2D eigenvalue weighted by atomic mass is 16.3. The van der Waals surface area contributed by atoms with Crippen molar-refractivity contribution < 1.29 is 9.90 Å². The molecule has 0 aromatic heterocycles. The van der Waals surface area contributed by atoms with Gasteiger partial charge in [-0.1, -0.05) is 24.3 Å². The predicted octanol–water partition coefficient (Wildman–Crippen LogP) is 1.20. The third-order valence-corrected chi connectivity index (χ3v) is 3.28. The summed E-state index contributed by atoms with van der Waals surface area (Å²) in [5.41, 5.74) is 2.32. The average Bonchev–Trinajstić information content (AvgIpc) is 2.66. The van der Waals surface area contributed by atoms with E-state index in [0.717, 1.165) is 12.0 Å². The molecule has 1 aromatic carbocycles. The number of ketones is 1. The van der Waals surface area contributed by atoms with Crippen LogP contribution in [-0.2, 0) is 4.79 Å². The summed E-state index contributed by atoms with van der Waals surface area (Å²) in [6.45, 7) is 0. The number of carbonyl (C=O) groups excluding carboxylic acids is 1. The summed E-state index contributed by atoms with van der Waals surface area (Å²) < 4.78 is 0. The van der Waals surface area contributed by atoms with Crippen molar-refractivity contribution in [1.29, 1.82) is 0 Å². The van der Waals surface area contributed by atoms with Crippen molar-refractivity contribution in [3.05, 3.63) is 35.4 Å². The van der Waals surface area contributed by atoms with Crippen LogP contribution in [0.5, 0.6) is 0 Å². The monoisotopic (exact) mass is 174 g/mol. The molecule has 0 heterocycles. The SMILES string of the molecule is O=C1C2CC(c3ccccc32)[C@@H]1O. The van der Waals surface area contributed by atoms with Gasteiger partial charge in [-0.25, -0.2) is 0 Å². The minimum absolute atomic E-state index is 0.0173. The average molecular weight is 174 g/mol. The highest BCUT2D eigenvalue weighted by molar-refractivity contribution is 5.95. The first-order chi connectivity index (χ1) is 6.29. The van der Waals surface area contributed by atoms with Gasteiger partial charge in [0.05, 0.1) is 0 Å². The first-order valence-electron chi connectivity index (χ1n) is 4.59. The first kappa shape index (κ1) is 7.27. The fraction of sp³-hybridized carbons (Fsp3) is 0.364. The maximum Gasteiger partial charge on any atom is 0.169 e. The molecule has 2 bridgehead atoms. The zero-order valence-corrected chi connectivity index (χ0v) is 7.10. The lowest BCUT2D eigenvalue weighted by molar-refractivity contribution is -0.126. The van der Waals surface area contributed by atoms with Crippen molar-refractivity contribution >= 4 is 5.78 Å². The van der Waals surface area contributed by atoms with Crippen LogP contribution in [0.2, 0.25) is 0 Å². The lowest BCUT2D eigenvalue weighted by Crippen LogP contribution is -2.26. The summed E-state index contributed by atoms with van der Waals surface area (Å²) in [4.78, 5) is 11.5. The smallest absolute Gasteiger partial charge is 0.169 e. The number of hydrogen-bond donors (Lipinski definition) is 1. The van der Waals surface area contributed by atoms with Gasteiger partial charge in [-0.2, -0.15) is 0 Å². The molecule has 3 rings (SSSR count). The molecular formula is C11H10O2. The van der Waals surface area contributed by atoms with E-state index in [4.69, 9.17) is 0 Å². The summed E-state index contributed by atoms with van der Waals surface area (Å²) in [6.07, 6.45) is 0.0826. The molecule has 3 atom stereocenters. The zero-order chi connectivity index (χ0) is 9.00. The van der Waals surface area contributed by atoms with Crippen LogP contribution in [0, 0.1) is 0 Å². The molecule has 1 N–H and O–H groups in total. The van der Waals surface area contributed by atoms with Crippen molar-refractivity contribution in [3.63, 3.8) is 0 Å². The molecule has 2 heteroatoms. The molecule has 1 saturated carbocycles. The van der Waals surface area contributed by atoms with Crippen LogP contribution in [0.4, 0.5) is 0 Å². The Labute approximate surface area is 76.2 Å². The van der Waals surface area contributed by atoms with Crippen molar-refractivity contribution in [2.24, 2.45) is 0 Å². The van der Waals surface area contributed by atoms with Crippen molar-refractivity contribution in [2.75, 3.05) is 0 Å². The van der Waals surface area contributed by atoms with Crippen LogP contribution in [0.1, 0.15) is 29.4 Å². The van der Waals surface area contributed by atoms with Gasteiger partial charge in [0.1, 0.15) is 6.10 Å². The second-order valence-electron chi connectivity index (χ2n) is 3.87. The molecule has 13 heavy (non-hydrogen) atoms. The topological polar surface area (TPSA) is 37.3 Å². The minimum Gasteiger partial charge on any atom is -0.385 e. The fourth-order valence-corrected chi connectivity index (χ4v) is 2.65. The van der Waals surface area contributed by atoms with Gasteiger partial charge in [0.2, 0.25) is 0 Å². The molecule has 2 unspecified atom stereocenters. The quantitative estimate of drug-likeness (QED) is 0.641. The predicted molar refractivity (Wildman–Crippen MR) is 47.6 cm³/mol. The van der Waals surface area contributed by atoms with Gasteiger partial charge in [0.25, 0.3) is 0 Å². The van der Waals surface area contributed by atoms with Crippen LogP contribution < -0.4 is 0 Å². The standard InChI is InChI=1S/C11H10O2/c12-10-8-5-9(11(10)13)7-4-2-1-3-6(7)8/h1-4,8-10,12H,5H2/t8?,9?,10-/m0/s1. The fourth-order valence-electron chi connectivity index (χ4n) is 2.65. The van der Waals surface area contributed by atoms with E-state index in [1.54, 1.807) is 0 Å².